The second-order valence-electron chi connectivity index (χ2n) is 5.36. The minimum atomic E-state index is 0.321. The monoisotopic (exact) mass is 292 g/mol. The van der Waals surface area contributed by atoms with Gasteiger partial charge in [0.05, 0.1) is 12.4 Å². The Morgan fingerprint density at radius 1 is 1.25 bits per heavy atom. The summed E-state index contributed by atoms with van der Waals surface area (Å²) in [4.78, 5) is 25.3. The van der Waals surface area contributed by atoms with E-state index in [2.05, 4.69) is 14.9 Å². The van der Waals surface area contributed by atoms with Crippen molar-refractivity contribution in [3.05, 3.63) is 12.4 Å². The molecule has 2 heterocycles. The Kier molecular flexibility index (Phi) is 4.10. The van der Waals surface area contributed by atoms with E-state index in [1.54, 1.807) is 18.0 Å². The fourth-order valence-electron chi connectivity index (χ4n) is 2.54. The molecule has 1 aromatic rings. The van der Waals surface area contributed by atoms with E-state index in [1.807, 2.05) is 17.4 Å². The van der Waals surface area contributed by atoms with Gasteiger partial charge in [0, 0.05) is 32.1 Å². The molecule has 6 heteroatoms. The van der Waals surface area contributed by atoms with Crippen LogP contribution >= 0.6 is 11.8 Å². The molecule has 0 aromatic carbocycles. The van der Waals surface area contributed by atoms with Crippen molar-refractivity contribution in [2.24, 2.45) is 5.92 Å². The van der Waals surface area contributed by atoms with Crippen molar-refractivity contribution in [1.29, 1.82) is 0 Å². The molecule has 5 nitrogen and oxygen atoms in total. The molecule has 0 unspecified atom stereocenters. The summed E-state index contributed by atoms with van der Waals surface area (Å²) >= 11 is 1.60. The summed E-state index contributed by atoms with van der Waals surface area (Å²) < 4.78 is 0. The smallest absolute Gasteiger partial charge is 0.225 e. The number of anilines is 1. The molecule has 0 spiro atoms. The largest absolute Gasteiger partial charge is 0.353 e. The molecule has 20 heavy (non-hydrogen) atoms. The van der Waals surface area contributed by atoms with E-state index in [0.717, 1.165) is 56.3 Å². The number of amides is 1. The van der Waals surface area contributed by atoms with Crippen molar-refractivity contribution in [3.63, 3.8) is 0 Å². The molecule has 0 N–H and O–H groups in total. The third-order valence-electron chi connectivity index (χ3n) is 3.87. The minimum Gasteiger partial charge on any atom is -0.353 e. The summed E-state index contributed by atoms with van der Waals surface area (Å²) in [6.07, 6.45) is 8.78. The lowest BCUT2D eigenvalue weighted by atomic mass is 10.3. The Balaban J connectivity index is 1.65. The van der Waals surface area contributed by atoms with Crippen LogP contribution in [0.4, 0.5) is 5.82 Å². The van der Waals surface area contributed by atoms with Crippen LogP contribution in [-0.4, -0.2) is 53.2 Å². The first kappa shape index (κ1) is 13.7. The highest BCUT2D eigenvalue weighted by Gasteiger charge is 2.33. The SMILES string of the molecule is CSc1cncc(N2CCCN(C(=O)C3CC3)CC2)n1. The Labute approximate surface area is 123 Å². The first-order chi connectivity index (χ1) is 9.78. The van der Waals surface area contributed by atoms with Crippen molar-refractivity contribution in [2.75, 3.05) is 37.3 Å². The van der Waals surface area contributed by atoms with E-state index in [1.165, 1.54) is 0 Å². The number of rotatable bonds is 3. The molecule has 3 rings (SSSR count). The highest BCUT2D eigenvalue weighted by Crippen LogP contribution is 2.31. The summed E-state index contributed by atoms with van der Waals surface area (Å²) in [5, 5.41) is 0.942. The van der Waals surface area contributed by atoms with Crippen molar-refractivity contribution in [2.45, 2.75) is 24.3 Å². The van der Waals surface area contributed by atoms with E-state index in [-0.39, 0.29) is 0 Å². The van der Waals surface area contributed by atoms with Gasteiger partial charge >= 0.3 is 0 Å². The molecule has 1 saturated heterocycles. The Bertz CT molecular complexity index is 492. The number of carbonyl (C=O) groups excluding carboxylic acids is 1. The van der Waals surface area contributed by atoms with E-state index < -0.39 is 0 Å². The molecule has 108 valence electrons. The van der Waals surface area contributed by atoms with Gasteiger partial charge in [0.1, 0.15) is 10.8 Å². The van der Waals surface area contributed by atoms with Gasteiger partial charge < -0.3 is 9.80 Å². The van der Waals surface area contributed by atoms with Crippen molar-refractivity contribution in [3.8, 4) is 0 Å². The van der Waals surface area contributed by atoms with Gasteiger partial charge in [0.15, 0.2) is 0 Å². The topological polar surface area (TPSA) is 49.3 Å². The molecule has 1 amide bonds. The van der Waals surface area contributed by atoms with Gasteiger partial charge in [-0.1, -0.05) is 0 Å². The lowest BCUT2D eigenvalue weighted by molar-refractivity contribution is -0.132. The lowest BCUT2D eigenvalue weighted by Crippen LogP contribution is -2.36. The number of hydrogen-bond donors (Lipinski definition) is 0. The number of hydrogen-bond acceptors (Lipinski definition) is 5. The number of carbonyl (C=O) groups is 1. The fraction of sp³-hybridized carbons (Fsp3) is 0.643. The second kappa shape index (κ2) is 5.99. The predicted octanol–water partition coefficient (Wildman–Crippen LogP) is 1.65. The fourth-order valence-corrected chi connectivity index (χ4v) is 2.90. The molecular formula is C14H20N4OS. The average molecular weight is 292 g/mol. The van der Waals surface area contributed by atoms with E-state index in [0.29, 0.717) is 11.8 Å². The van der Waals surface area contributed by atoms with E-state index in [9.17, 15) is 4.79 Å². The Morgan fingerprint density at radius 2 is 2.10 bits per heavy atom. The third kappa shape index (κ3) is 3.06. The van der Waals surface area contributed by atoms with Crippen LogP contribution < -0.4 is 4.90 Å². The average Bonchev–Trinajstić information content (AvgIpc) is 3.32. The normalized spacial score (nSPS) is 19.9. The number of nitrogens with zero attached hydrogens (tertiary/aromatic N) is 4. The standard InChI is InChI=1S/C14H20N4OS/c1-20-13-10-15-9-12(16-13)17-5-2-6-18(8-7-17)14(19)11-3-4-11/h9-11H,2-8H2,1H3. The zero-order valence-corrected chi connectivity index (χ0v) is 12.6. The highest BCUT2D eigenvalue weighted by atomic mass is 32.2. The van der Waals surface area contributed by atoms with Gasteiger partial charge in [-0.3, -0.25) is 9.78 Å². The van der Waals surface area contributed by atoms with Gasteiger partial charge in [-0.05, 0) is 25.5 Å². The van der Waals surface area contributed by atoms with Gasteiger partial charge in [-0.2, -0.15) is 0 Å². The van der Waals surface area contributed by atoms with Crippen molar-refractivity contribution in [1.82, 2.24) is 14.9 Å². The molecule has 1 aromatic heterocycles. The molecule has 1 aliphatic carbocycles. The van der Waals surface area contributed by atoms with Gasteiger partial charge in [-0.25, -0.2) is 4.98 Å². The molecule has 0 bridgehead atoms. The van der Waals surface area contributed by atoms with Gasteiger partial charge in [0.2, 0.25) is 5.91 Å². The highest BCUT2D eigenvalue weighted by molar-refractivity contribution is 7.98. The zero-order valence-electron chi connectivity index (χ0n) is 11.8. The van der Waals surface area contributed by atoms with Crippen LogP contribution in [0.15, 0.2) is 17.4 Å². The molecule has 2 aliphatic rings. The van der Waals surface area contributed by atoms with Crippen LogP contribution in [0.3, 0.4) is 0 Å². The van der Waals surface area contributed by atoms with Crippen LogP contribution in [0, 0.1) is 5.92 Å². The number of thioether (sulfide) groups is 1. The van der Waals surface area contributed by atoms with Crippen LogP contribution in [0.2, 0.25) is 0 Å². The van der Waals surface area contributed by atoms with E-state index in [4.69, 9.17) is 0 Å². The Hall–Kier alpha value is -1.30. The molecule has 1 aliphatic heterocycles. The summed E-state index contributed by atoms with van der Waals surface area (Å²) in [6, 6.07) is 0. The quantitative estimate of drug-likeness (QED) is 0.793. The summed E-state index contributed by atoms with van der Waals surface area (Å²) in [5.41, 5.74) is 0. The van der Waals surface area contributed by atoms with Crippen molar-refractivity contribution >= 4 is 23.5 Å². The van der Waals surface area contributed by atoms with Crippen LogP contribution in [0.25, 0.3) is 0 Å². The Morgan fingerprint density at radius 3 is 2.85 bits per heavy atom. The number of aromatic nitrogens is 2. The lowest BCUT2D eigenvalue weighted by Gasteiger charge is -2.22. The maximum Gasteiger partial charge on any atom is 0.225 e. The second-order valence-corrected chi connectivity index (χ2v) is 6.19. The summed E-state index contributed by atoms with van der Waals surface area (Å²) in [7, 11) is 0. The minimum absolute atomic E-state index is 0.321. The molecule has 0 radical (unpaired) electrons. The first-order valence-corrected chi connectivity index (χ1v) is 8.40. The maximum atomic E-state index is 12.1. The van der Waals surface area contributed by atoms with E-state index >= 15 is 0 Å². The molecular weight excluding hydrogens is 272 g/mol. The zero-order chi connectivity index (χ0) is 13.9. The molecule has 0 atom stereocenters. The predicted molar refractivity (Wildman–Crippen MR) is 79.9 cm³/mol. The molecule has 1 saturated carbocycles. The van der Waals surface area contributed by atoms with Gasteiger partial charge in [-0.15, -0.1) is 11.8 Å². The first-order valence-electron chi connectivity index (χ1n) is 7.17. The summed E-state index contributed by atoms with van der Waals surface area (Å²) in [5.74, 6) is 1.61. The van der Waals surface area contributed by atoms with Gasteiger partial charge in [0.25, 0.3) is 0 Å². The van der Waals surface area contributed by atoms with Crippen LogP contribution in [0.1, 0.15) is 19.3 Å². The maximum absolute atomic E-state index is 12.1. The third-order valence-corrected chi connectivity index (χ3v) is 4.48. The summed E-state index contributed by atoms with van der Waals surface area (Å²) in [6.45, 7) is 3.48. The van der Waals surface area contributed by atoms with Crippen molar-refractivity contribution < 1.29 is 4.79 Å². The van der Waals surface area contributed by atoms with Crippen LogP contribution in [-0.2, 0) is 4.79 Å². The van der Waals surface area contributed by atoms with Crippen LogP contribution in [0.5, 0.6) is 0 Å². The molecule has 2 fully saturated rings.